The summed E-state index contributed by atoms with van der Waals surface area (Å²) in [7, 11) is 0.599. The Labute approximate surface area is 154 Å². The van der Waals surface area contributed by atoms with Crippen molar-refractivity contribution >= 4 is 21.8 Å². The lowest BCUT2D eigenvalue weighted by atomic mass is 10.00. The van der Waals surface area contributed by atoms with Gasteiger partial charge in [-0.25, -0.2) is 13.1 Å². The number of thiol groups is 1. The second kappa shape index (κ2) is 8.64. The summed E-state index contributed by atoms with van der Waals surface area (Å²) in [6.07, 6.45) is 1.75. The van der Waals surface area contributed by atoms with E-state index in [9.17, 15) is 8.42 Å². The first-order valence-corrected chi connectivity index (χ1v) is 8.78. The molecule has 1 aromatic heterocycles. The third-order valence-electron chi connectivity index (χ3n) is 3.92. The van der Waals surface area contributed by atoms with Crippen LogP contribution >= 0.6 is 0 Å². The van der Waals surface area contributed by atoms with Crippen molar-refractivity contribution in [2.24, 2.45) is 0 Å². The number of fused-ring (bicyclic) bond motifs is 1. The summed E-state index contributed by atoms with van der Waals surface area (Å²) < 4.78 is 34.3. The number of hydrogen-bond acceptors (Lipinski definition) is 5. The van der Waals surface area contributed by atoms with Crippen LogP contribution in [0.5, 0.6) is 11.5 Å². The maximum absolute atomic E-state index is 10.6. The van der Waals surface area contributed by atoms with Gasteiger partial charge in [-0.1, -0.05) is 31.7 Å². The molecule has 0 bridgehead atoms. The number of methoxy groups -OCH3 is 2. The Hall–Kier alpha value is -2.64. The highest BCUT2D eigenvalue weighted by Crippen LogP contribution is 2.36. The fourth-order valence-electron chi connectivity index (χ4n) is 2.68. The summed E-state index contributed by atoms with van der Waals surface area (Å²) in [4.78, 5) is 4.40. The minimum atomic E-state index is -2.59. The molecular weight excluding hydrogens is 352 g/mol. The molecule has 0 aliphatic carbocycles. The molecule has 1 heterocycles. The van der Waals surface area contributed by atoms with E-state index in [0.717, 1.165) is 27.6 Å². The van der Waals surface area contributed by atoms with Crippen LogP contribution in [0.25, 0.3) is 22.0 Å². The second-order valence-corrected chi connectivity index (χ2v) is 6.20. The molecule has 138 valence electrons. The van der Waals surface area contributed by atoms with Gasteiger partial charge in [0, 0.05) is 24.2 Å². The Balaban J connectivity index is 0.00000243. The summed E-state index contributed by atoms with van der Waals surface area (Å²) in [6.45, 7) is 0.279. The van der Waals surface area contributed by atoms with E-state index in [1.807, 2.05) is 42.5 Å². The lowest BCUT2D eigenvalue weighted by Crippen LogP contribution is -2.09. The number of ether oxygens (including phenoxy) is 2. The summed E-state index contributed by atoms with van der Waals surface area (Å²) in [5.74, 6) is 1.28. The monoisotopic (exact) mass is 374 g/mol. The van der Waals surface area contributed by atoms with Gasteiger partial charge in [0.2, 0.25) is 10.9 Å². The number of benzene rings is 2. The molecule has 1 N–H and O–H groups in total. The Morgan fingerprint density at radius 1 is 1.00 bits per heavy atom. The summed E-state index contributed by atoms with van der Waals surface area (Å²) in [6, 6.07) is 13.4. The van der Waals surface area contributed by atoms with Gasteiger partial charge in [0.15, 0.2) is 11.5 Å². The Morgan fingerprint density at radius 3 is 2.27 bits per heavy atom. The van der Waals surface area contributed by atoms with Crippen LogP contribution in [-0.4, -0.2) is 27.6 Å². The fraction of sp³-hybridized carbons (Fsp3) is 0.211. The molecule has 2 aromatic carbocycles. The van der Waals surface area contributed by atoms with Gasteiger partial charge >= 0.3 is 0 Å². The normalized spacial score (nSPS) is 10.6. The molecule has 0 atom stereocenters. The Kier molecular flexibility index (Phi) is 6.54. The molecule has 0 fully saturated rings. The van der Waals surface area contributed by atoms with Crippen LogP contribution in [0.3, 0.4) is 0 Å². The Morgan fingerprint density at radius 2 is 1.65 bits per heavy atom. The van der Waals surface area contributed by atoms with Crippen molar-refractivity contribution in [2.45, 2.75) is 14.0 Å². The van der Waals surface area contributed by atoms with Crippen LogP contribution in [0.15, 0.2) is 48.7 Å². The van der Waals surface area contributed by atoms with Crippen molar-refractivity contribution in [3.63, 3.8) is 0 Å². The summed E-state index contributed by atoms with van der Waals surface area (Å²) in [5, 5.41) is 0.952. The number of rotatable bonds is 6. The number of hydrogen-bond donors (Lipinski definition) is 2. The molecule has 0 amide bonds. The van der Waals surface area contributed by atoms with Crippen molar-refractivity contribution in [1.29, 1.82) is 0 Å². The van der Waals surface area contributed by atoms with Gasteiger partial charge in [0.1, 0.15) is 0 Å². The van der Waals surface area contributed by atoms with E-state index in [0.29, 0.717) is 11.5 Å². The standard InChI is InChI=1S/C18H18N2O4S.CH4/c1-23-17-9-15-14(7-8-19-16(15)10-18(17)24-2)13-5-3-12(4-6-13)11-20-25(21)22;/h3-10,25H,11H2,1-2H3,(H,20,21,22);1H4. The number of nitrogens with one attached hydrogen (secondary N) is 1. The van der Waals surface area contributed by atoms with E-state index in [-0.39, 0.29) is 14.0 Å². The lowest BCUT2D eigenvalue weighted by molar-refractivity contribution is 0.356. The summed E-state index contributed by atoms with van der Waals surface area (Å²) in [5.41, 5.74) is 3.72. The van der Waals surface area contributed by atoms with Gasteiger partial charge in [0.05, 0.1) is 19.7 Å². The molecule has 6 nitrogen and oxygen atoms in total. The van der Waals surface area contributed by atoms with Crippen molar-refractivity contribution in [3.8, 4) is 22.6 Å². The SMILES string of the molecule is C.COc1cc2nccc(-c3ccc(CN[SH](=O)=O)cc3)c2cc1OC. The van der Waals surface area contributed by atoms with Gasteiger partial charge in [-0.2, -0.15) is 0 Å². The largest absolute Gasteiger partial charge is 0.493 e. The second-order valence-electron chi connectivity index (χ2n) is 5.37. The molecule has 7 heteroatoms. The number of aromatic nitrogens is 1. The first-order valence-electron chi connectivity index (χ1n) is 7.60. The number of nitrogens with zero attached hydrogens (tertiary/aromatic N) is 1. The van der Waals surface area contributed by atoms with E-state index in [1.165, 1.54) is 0 Å². The number of pyridine rings is 1. The smallest absolute Gasteiger partial charge is 0.201 e. The van der Waals surface area contributed by atoms with Crippen LogP contribution in [0.2, 0.25) is 0 Å². The van der Waals surface area contributed by atoms with E-state index in [4.69, 9.17) is 9.47 Å². The minimum Gasteiger partial charge on any atom is -0.493 e. The molecule has 3 rings (SSSR count). The zero-order chi connectivity index (χ0) is 17.8. The lowest BCUT2D eigenvalue weighted by Gasteiger charge is -2.12. The van der Waals surface area contributed by atoms with E-state index in [2.05, 4.69) is 9.71 Å². The Bertz CT molecular complexity index is 961. The predicted octanol–water partition coefficient (Wildman–Crippen LogP) is 3.17. The molecule has 3 aromatic rings. The van der Waals surface area contributed by atoms with Crippen LogP contribution in [-0.2, 0) is 17.4 Å². The molecule has 0 aliphatic heterocycles. The molecule has 0 radical (unpaired) electrons. The molecule has 0 saturated carbocycles. The van der Waals surface area contributed by atoms with E-state index in [1.54, 1.807) is 20.4 Å². The van der Waals surface area contributed by atoms with E-state index < -0.39 is 10.9 Å². The molecule has 26 heavy (non-hydrogen) atoms. The molecule has 0 saturated heterocycles. The average Bonchev–Trinajstić information content (AvgIpc) is 2.65. The highest BCUT2D eigenvalue weighted by Gasteiger charge is 2.11. The van der Waals surface area contributed by atoms with Gasteiger partial charge < -0.3 is 9.47 Å². The van der Waals surface area contributed by atoms with Crippen molar-refractivity contribution < 1.29 is 17.9 Å². The van der Waals surface area contributed by atoms with Gasteiger partial charge in [-0.05, 0) is 28.8 Å². The molecular formula is C19H22N2O4S. The van der Waals surface area contributed by atoms with Gasteiger partial charge in [0.25, 0.3) is 0 Å². The van der Waals surface area contributed by atoms with Gasteiger partial charge in [-0.15, -0.1) is 0 Å². The molecule has 0 aliphatic rings. The zero-order valence-electron chi connectivity index (χ0n) is 13.9. The third kappa shape index (κ3) is 4.12. The maximum atomic E-state index is 10.6. The predicted molar refractivity (Wildman–Crippen MR) is 104 cm³/mol. The van der Waals surface area contributed by atoms with E-state index >= 15 is 0 Å². The van der Waals surface area contributed by atoms with Crippen LogP contribution in [0, 0.1) is 0 Å². The zero-order valence-corrected chi connectivity index (χ0v) is 14.7. The van der Waals surface area contributed by atoms with Crippen LogP contribution in [0.4, 0.5) is 0 Å². The highest BCUT2D eigenvalue weighted by molar-refractivity contribution is 7.70. The minimum absolute atomic E-state index is 0. The fourth-order valence-corrected chi connectivity index (χ4v) is 2.99. The molecule has 0 unspecified atom stereocenters. The quantitative estimate of drug-likeness (QED) is 0.648. The summed E-state index contributed by atoms with van der Waals surface area (Å²) >= 11 is 0. The van der Waals surface area contributed by atoms with Crippen LogP contribution in [0.1, 0.15) is 13.0 Å². The topological polar surface area (TPSA) is 77.5 Å². The first kappa shape index (κ1) is 19.7. The van der Waals surface area contributed by atoms with Crippen molar-refractivity contribution in [3.05, 3.63) is 54.2 Å². The third-order valence-corrected chi connectivity index (χ3v) is 4.34. The maximum Gasteiger partial charge on any atom is 0.201 e. The first-order chi connectivity index (χ1) is 12.1. The van der Waals surface area contributed by atoms with Crippen molar-refractivity contribution in [1.82, 2.24) is 9.71 Å². The van der Waals surface area contributed by atoms with Crippen LogP contribution < -0.4 is 14.2 Å². The highest BCUT2D eigenvalue weighted by atomic mass is 32.2. The van der Waals surface area contributed by atoms with Crippen molar-refractivity contribution in [2.75, 3.05) is 14.2 Å². The molecule has 0 spiro atoms. The van der Waals surface area contributed by atoms with Gasteiger partial charge in [-0.3, -0.25) is 4.98 Å². The average molecular weight is 374 g/mol.